The van der Waals surface area contributed by atoms with Gasteiger partial charge >= 0.3 is 23.9 Å². The number of carbonyl (C=O) groups is 4. The van der Waals surface area contributed by atoms with Crippen LogP contribution >= 0.6 is 0 Å². The van der Waals surface area contributed by atoms with Crippen LogP contribution in [0.5, 0.6) is 0 Å². The second kappa shape index (κ2) is 17.7. The molecular weight excluding hydrogens is 640 g/mol. The lowest BCUT2D eigenvalue weighted by atomic mass is 9.85. The first-order chi connectivity index (χ1) is 23.2. The molecule has 0 bridgehead atoms. The molecule has 13 heteroatoms. The van der Waals surface area contributed by atoms with E-state index in [1.54, 1.807) is 6.92 Å². The van der Waals surface area contributed by atoms with Crippen molar-refractivity contribution in [3.63, 3.8) is 0 Å². The van der Waals surface area contributed by atoms with Gasteiger partial charge in [-0.3, -0.25) is 19.2 Å². The zero-order valence-corrected chi connectivity index (χ0v) is 29.7. The van der Waals surface area contributed by atoms with Crippen LogP contribution in [0.15, 0.2) is 30.3 Å². The maximum absolute atomic E-state index is 12.3. The smallest absolute Gasteiger partial charge is 0.303 e. The number of hydrogen-bond donors (Lipinski definition) is 0. The van der Waals surface area contributed by atoms with Gasteiger partial charge in [-0.25, -0.2) is 0 Å². The Labute approximate surface area is 288 Å². The predicted molar refractivity (Wildman–Crippen MR) is 173 cm³/mol. The number of ether oxygens (including phenoxy) is 9. The maximum Gasteiger partial charge on any atom is 0.303 e. The maximum atomic E-state index is 12.3. The highest BCUT2D eigenvalue weighted by molar-refractivity contribution is 5.67. The molecule has 0 N–H and O–H groups in total. The Balaban J connectivity index is 1.41. The number of hydrogen-bond acceptors (Lipinski definition) is 13. The van der Waals surface area contributed by atoms with Crippen molar-refractivity contribution in [2.45, 2.75) is 129 Å². The summed E-state index contributed by atoms with van der Waals surface area (Å²) in [6, 6.07) is 10.3. The summed E-state index contributed by atoms with van der Waals surface area (Å²) in [6.07, 6.45) is -4.59. The van der Waals surface area contributed by atoms with Crippen molar-refractivity contribution in [2.75, 3.05) is 19.8 Å². The summed E-state index contributed by atoms with van der Waals surface area (Å²) in [5.74, 6) is -2.88. The largest absolute Gasteiger partial charge is 0.459 e. The van der Waals surface area contributed by atoms with Gasteiger partial charge in [0, 0.05) is 45.4 Å². The number of carbonyl (C=O) groups excluding carboxylic acids is 4. The summed E-state index contributed by atoms with van der Waals surface area (Å²) in [4.78, 5) is 48.0. The third-order valence-corrected chi connectivity index (χ3v) is 9.52. The molecule has 0 amide bonds. The number of rotatable bonds is 12. The Hall–Kier alpha value is -3.10. The van der Waals surface area contributed by atoms with Crippen molar-refractivity contribution >= 4 is 23.9 Å². The SMILES string of the molecule is CC(=O)OC1COC(OC2COC(OC3COC(CCC(C)c4ccccc4)C(C)C3OC(C)=O)C(C)C2OC(C)=O)C(C)C1OC(C)=O. The minimum Gasteiger partial charge on any atom is -0.459 e. The molecule has 13 nitrogen and oxygen atoms in total. The summed E-state index contributed by atoms with van der Waals surface area (Å²) in [6.45, 7) is 13.1. The van der Waals surface area contributed by atoms with Gasteiger partial charge in [0.05, 0.1) is 25.9 Å². The molecule has 0 spiro atoms. The fourth-order valence-corrected chi connectivity index (χ4v) is 6.93. The van der Waals surface area contributed by atoms with Crippen LogP contribution in [0.3, 0.4) is 0 Å². The molecule has 4 rings (SSSR count). The van der Waals surface area contributed by atoms with Gasteiger partial charge in [-0.05, 0) is 24.3 Å². The summed E-state index contributed by atoms with van der Waals surface area (Å²) < 4.78 is 53.5. The molecule has 3 fully saturated rings. The molecule has 13 unspecified atom stereocenters. The molecule has 3 saturated heterocycles. The molecule has 13 atom stereocenters. The van der Waals surface area contributed by atoms with E-state index < -0.39 is 84.9 Å². The van der Waals surface area contributed by atoms with Gasteiger partial charge in [-0.15, -0.1) is 0 Å². The van der Waals surface area contributed by atoms with Gasteiger partial charge in [-0.1, -0.05) is 58.0 Å². The zero-order valence-electron chi connectivity index (χ0n) is 29.7. The van der Waals surface area contributed by atoms with Crippen molar-refractivity contribution < 1.29 is 61.8 Å². The molecular formula is C36H52O13. The van der Waals surface area contributed by atoms with E-state index in [2.05, 4.69) is 19.1 Å². The number of esters is 4. The molecule has 0 radical (unpaired) electrons. The molecule has 3 aliphatic heterocycles. The van der Waals surface area contributed by atoms with Crippen LogP contribution in [-0.4, -0.2) is 99.0 Å². The third kappa shape index (κ3) is 10.5. The molecule has 274 valence electrons. The summed E-state index contributed by atoms with van der Waals surface area (Å²) >= 11 is 0. The second-order valence-electron chi connectivity index (χ2n) is 13.5. The standard InChI is InChI=1S/C36H52O13/c1-19(27-12-10-9-11-13-27)14-15-28-20(2)32(45-24(6)38)30(16-41-28)48-36-22(4)34(47-26(8)40)31(18-43-36)49-35-21(3)33(46-25(7)39)29(17-42-35)44-23(5)37/h9-13,19-22,28-36H,14-18H2,1-8H3. The summed E-state index contributed by atoms with van der Waals surface area (Å²) in [5.41, 5.74) is 1.26. The highest BCUT2D eigenvalue weighted by atomic mass is 16.7. The molecule has 0 aromatic heterocycles. The van der Waals surface area contributed by atoms with E-state index in [0.717, 1.165) is 12.8 Å². The third-order valence-electron chi connectivity index (χ3n) is 9.52. The molecule has 3 aliphatic rings. The first kappa shape index (κ1) is 38.7. The quantitative estimate of drug-likeness (QED) is 0.229. The van der Waals surface area contributed by atoms with Crippen molar-refractivity contribution in [3.05, 3.63) is 35.9 Å². The average Bonchev–Trinajstić information content (AvgIpc) is 3.04. The van der Waals surface area contributed by atoms with Crippen LogP contribution in [0.25, 0.3) is 0 Å². The van der Waals surface area contributed by atoms with Crippen LogP contribution in [0, 0.1) is 17.8 Å². The molecule has 3 heterocycles. The van der Waals surface area contributed by atoms with E-state index in [1.807, 2.05) is 32.0 Å². The van der Waals surface area contributed by atoms with Gasteiger partial charge in [-0.2, -0.15) is 0 Å². The molecule has 0 saturated carbocycles. The fourth-order valence-electron chi connectivity index (χ4n) is 6.93. The van der Waals surface area contributed by atoms with Gasteiger partial charge in [0.25, 0.3) is 0 Å². The van der Waals surface area contributed by atoms with Crippen LogP contribution in [0.1, 0.15) is 79.7 Å². The van der Waals surface area contributed by atoms with E-state index in [1.165, 1.54) is 33.3 Å². The Morgan fingerprint density at radius 1 is 0.633 bits per heavy atom. The lowest BCUT2D eigenvalue weighted by molar-refractivity contribution is -0.326. The van der Waals surface area contributed by atoms with Gasteiger partial charge in [0.2, 0.25) is 0 Å². The summed E-state index contributed by atoms with van der Waals surface area (Å²) in [5, 5.41) is 0. The summed E-state index contributed by atoms with van der Waals surface area (Å²) in [7, 11) is 0. The van der Waals surface area contributed by atoms with E-state index >= 15 is 0 Å². The fraction of sp³-hybridized carbons (Fsp3) is 0.722. The van der Waals surface area contributed by atoms with Crippen molar-refractivity contribution in [2.24, 2.45) is 17.8 Å². The van der Waals surface area contributed by atoms with E-state index in [9.17, 15) is 19.2 Å². The molecule has 0 aliphatic carbocycles. The van der Waals surface area contributed by atoms with Crippen molar-refractivity contribution in [1.82, 2.24) is 0 Å². The molecule has 1 aromatic rings. The van der Waals surface area contributed by atoms with Gasteiger partial charge in [0.15, 0.2) is 18.7 Å². The van der Waals surface area contributed by atoms with E-state index in [0.29, 0.717) is 5.92 Å². The van der Waals surface area contributed by atoms with Crippen LogP contribution in [0.2, 0.25) is 0 Å². The van der Waals surface area contributed by atoms with Gasteiger partial charge in [0.1, 0.15) is 30.5 Å². The topological polar surface area (TPSA) is 151 Å². The van der Waals surface area contributed by atoms with Crippen LogP contribution < -0.4 is 0 Å². The van der Waals surface area contributed by atoms with E-state index in [-0.39, 0.29) is 31.8 Å². The Morgan fingerprint density at radius 2 is 1.06 bits per heavy atom. The first-order valence-corrected chi connectivity index (χ1v) is 17.1. The van der Waals surface area contributed by atoms with Gasteiger partial charge < -0.3 is 42.6 Å². The Morgan fingerprint density at radius 3 is 1.55 bits per heavy atom. The second-order valence-corrected chi connectivity index (χ2v) is 13.5. The molecule has 1 aromatic carbocycles. The van der Waals surface area contributed by atoms with E-state index in [4.69, 9.17) is 42.6 Å². The monoisotopic (exact) mass is 692 g/mol. The first-order valence-electron chi connectivity index (χ1n) is 17.1. The lowest BCUT2D eigenvalue weighted by Crippen LogP contribution is -2.59. The minimum atomic E-state index is -0.894. The normalized spacial score (nSPS) is 35.4. The number of benzene rings is 1. The molecule has 49 heavy (non-hydrogen) atoms. The average molecular weight is 693 g/mol. The van der Waals surface area contributed by atoms with Crippen molar-refractivity contribution in [3.8, 4) is 0 Å². The highest BCUT2D eigenvalue weighted by Crippen LogP contribution is 2.36. The highest BCUT2D eigenvalue weighted by Gasteiger charge is 2.49. The van der Waals surface area contributed by atoms with Crippen molar-refractivity contribution in [1.29, 1.82) is 0 Å². The lowest BCUT2D eigenvalue weighted by Gasteiger charge is -2.46. The van der Waals surface area contributed by atoms with Crippen LogP contribution in [-0.2, 0) is 61.8 Å². The Bertz CT molecular complexity index is 1260. The predicted octanol–water partition coefficient (Wildman–Crippen LogP) is 4.09. The minimum absolute atomic E-state index is 0.0213. The zero-order chi connectivity index (χ0) is 35.8. The Kier molecular flexibility index (Phi) is 14.0. The van der Waals surface area contributed by atoms with Crippen LogP contribution in [0.4, 0.5) is 0 Å².